The van der Waals surface area contributed by atoms with Crippen LogP contribution in [-0.4, -0.2) is 18.7 Å². The molecule has 1 saturated carbocycles. The maximum absolute atomic E-state index is 12.3. The molecule has 0 radical (unpaired) electrons. The highest BCUT2D eigenvalue weighted by Gasteiger charge is 2.29. The zero-order chi connectivity index (χ0) is 13.7. The van der Waals surface area contributed by atoms with Crippen LogP contribution >= 0.6 is 11.3 Å². The lowest BCUT2D eigenvalue weighted by molar-refractivity contribution is 0.155. The molecular weight excluding hydrogens is 258 g/mol. The van der Waals surface area contributed by atoms with E-state index in [-0.39, 0.29) is 6.09 Å². The fraction of sp³-hybridized carbons (Fsp3) is 0.667. The van der Waals surface area contributed by atoms with E-state index >= 15 is 0 Å². The molecule has 1 heterocycles. The van der Waals surface area contributed by atoms with E-state index in [0.717, 1.165) is 24.3 Å². The maximum atomic E-state index is 12.3. The van der Waals surface area contributed by atoms with Crippen molar-refractivity contribution in [3.05, 3.63) is 17.0 Å². The molecule has 0 unspecified atom stereocenters. The van der Waals surface area contributed by atoms with E-state index in [1.54, 1.807) is 11.3 Å². The number of rotatable bonds is 4. The summed E-state index contributed by atoms with van der Waals surface area (Å²) in [6.45, 7) is 4.44. The molecule has 0 spiro atoms. The average Bonchev–Trinajstić information content (AvgIpc) is 2.89. The Bertz CT molecular complexity index is 410. The Balaban J connectivity index is 2.25. The third-order valence-electron chi connectivity index (χ3n) is 3.73. The van der Waals surface area contributed by atoms with Crippen LogP contribution in [0.2, 0.25) is 0 Å². The second-order valence-corrected chi connectivity index (χ2v) is 5.86. The van der Waals surface area contributed by atoms with Gasteiger partial charge in [-0.3, -0.25) is 4.90 Å². The van der Waals surface area contributed by atoms with E-state index in [9.17, 15) is 4.79 Å². The van der Waals surface area contributed by atoms with Crippen LogP contribution in [0.4, 0.5) is 9.80 Å². The van der Waals surface area contributed by atoms with Gasteiger partial charge in [-0.25, -0.2) is 4.79 Å². The van der Waals surface area contributed by atoms with E-state index in [1.165, 1.54) is 24.8 Å². The van der Waals surface area contributed by atoms with Crippen LogP contribution in [0.15, 0.2) is 11.4 Å². The summed E-state index contributed by atoms with van der Waals surface area (Å²) in [5.41, 5.74) is 1.25. The molecule has 1 aliphatic carbocycles. The van der Waals surface area contributed by atoms with Crippen LogP contribution in [-0.2, 0) is 11.2 Å². The predicted octanol–water partition coefficient (Wildman–Crippen LogP) is 4.61. The SMILES string of the molecule is CCOC(=O)N(c1sccc1CC)C1CCCCC1. The van der Waals surface area contributed by atoms with Gasteiger partial charge < -0.3 is 4.74 Å². The van der Waals surface area contributed by atoms with Gasteiger partial charge in [0.2, 0.25) is 0 Å². The Hall–Kier alpha value is -1.03. The van der Waals surface area contributed by atoms with Gasteiger partial charge >= 0.3 is 6.09 Å². The number of aryl methyl sites for hydroxylation is 1. The summed E-state index contributed by atoms with van der Waals surface area (Å²) in [4.78, 5) is 14.2. The van der Waals surface area contributed by atoms with Crippen molar-refractivity contribution in [3.63, 3.8) is 0 Å². The standard InChI is InChI=1S/C15H23NO2S/c1-3-12-10-11-19-14(12)16(15(17)18-4-2)13-8-6-5-7-9-13/h10-11,13H,3-9H2,1-2H3. The first-order chi connectivity index (χ1) is 9.27. The number of anilines is 1. The van der Waals surface area contributed by atoms with Crippen LogP contribution in [0.25, 0.3) is 0 Å². The summed E-state index contributed by atoms with van der Waals surface area (Å²) in [5.74, 6) is 0. The van der Waals surface area contributed by atoms with E-state index in [1.807, 2.05) is 11.8 Å². The maximum Gasteiger partial charge on any atom is 0.415 e. The molecule has 1 amide bonds. The Labute approximate surface area is 119 Å². The number of ether oxygens (including phenoxy) is 1. The highest BCUT2D eigenvalue weighted by molar-refractivity contribution is 7.14. The van der Waals surface area contributed by atoms with Crippen molar-refractivity contribution < 1.29 is 9.53 Å². The molecule has 106 valence electrons. The number of carbonyl (C=O) groups is 1. The third-order valence-corrected chi connectivity index (χ3v) is 4.68. The highest BCUT2D eigenvalue weighted by Crippen LogP contribution is 2.34. The molecule has 0 aliphatic heterocycles. The van der Waals surface area contributed by atoms with Crippen LogP contribution in [0, 0.1) is 0 Å². The molecule has 0 atom stereocenters. The Morgan fingerprint density at radius 3 is 2.74 bits per heavy atom. The molecule has 4 heteroatoms. The van der Waals surface area contributed by atoms with Gasteiger partial charge in [0.1, 0.15) is 5.00 Å². The topological polar surface area (TPSA) is 29.5 Å². The molecular formula is C15H23NO2S. The summed E-state index contributed by atoms with van der Waals surface area (Å²) in [5, 5.41) is 3.16. The molecule has 0 bridgehead atoms. The first-order valence-electron chi connectivity index (χ1n) is 7.30. The van der Waals surface area contributed by atoms with Gasteiger partial charge in [-0.1, -0.05) is 26.2 Å². The van der Waals surface area contributed by atoms with Crippen molar-refractivity contribution in [2.45, 2.75) is 58.4 Å². The highest BCUT2D eigenvalue weighted by atomic mass is 32.1. The molecule has 0 N–H and O–H groups in total. The van der Waals surface area contributed by atoms with Gasteiger partial charge in [-0.05, 0) is 43.2 Å². The summed E-state index contributed by atoms with van der Waals surface area (Å²) in [7, 11) is 0. The van der Waals surface area contributed by atoms with Crippen LogP contribution in [0.1, 0.15) is 51.5 Å². The second-order valence-electron chi connectivity index (χ2n) is 4.97. The molecule has 2 rings (SSSR count). The third kappa shape index (κ3) is 3.30. The summed E-state index contributed by atoms with van der Waals surface area (Å²) >= 11 is 1.66. The molecule has 3 nitrogen and oxygen atoms in total. The predicted molar refractivity (Wildman–Crippen MR) is 80.1 cm³/mol. The van der Waals surface area contributed by atoms with Crippen molar-refractivity contribution in [3.8, 4) is 0 Å². The number of amides is 1. The molecule has 1 aliphatic rings. The number of carbonyl (C=O) groups excluding carboxylic acids is 1. The minimum absolute atomic E-state index is 0.174. The quantitative estimate of drug-likeness (QED) is 0.806. The number of hydrogen-bond donors (Lipinski definition) is 0. The van der Waals surface area contributed by atoms with Gasteiger partial charge in [0.15, 0.2) is 0 Å². The number of hydrogen-bond acceptors (Lipinski definition) is 3. The van der Waals surface area contributed by atoms with Crippen LogP contribution in [0.3, 0.4) is 0 Å². The minimum Gasteiger partial charge on any atom is -0.449 e. The molecule has 0 aromatic carbocycles. The monoisotopic (exact) mass is 281 g/mol. The van der Waals surface area contributed by atoms with Crippen LogP contribution < -0.4 is 4.90 Å². The fourth-order valence-electron chi connectivity index (χ4n) is 2.74. The molecule has 0 saturated heterocycles. The van der Waals surface area contributed by atoms with Gasteiger partial charge in [0.25, 0.3) is 0 Å². The normalized spacial score (nSPS) is 16.3. The number of thiophene rings is 1. The molecule has 1 fully saturated rings. The Kier molecular flexibility index (Phi) is 5.25. The van der Waals surface area contributed by atoms with Crippen molar-refractivity contribution in [1.82, 2.24) is 0 Å². The lowest BCUT2D eigenvalue weighted by Crippen LogP contribution is -2.42. The number of nitrogens with zero attached hydrogens (tertiary/aromatic N) is 1. The van der Waals surface area contributed by atoms with Gasteiger partial charge in [0.05, 0.1) is 6.61 Å². The molecule has 1 aromatic heterocycles. The van der Waals surface area contributed by atoms with Crippen molar-refractivity contribution in [2.75, 3.05) is 11.5 Å². The first-order valence-corrected chi connectivity index (χ1v) is 8.18. The van der Waals surface area contributed by atoms with Crippen molar-refractivity contribution in [1.29, 1.82) is 0 Å². The zero-order valence-corrected chi connectivity index (χ0v) is 12.7. The minimum atomic E-state index is -0.174. The fourth-order valence-corrected chi connectivity index (χ4v) is 3.80. The molecule has 1 aromatic rings. The van der Waals surface area contributed by atoms with Crippen molar-refractivity contribution >= 4 is 22.4 Å². The van der Waals surface area contributed by atoms with Crippen LogP contribution in [0.5, 0.6) is 0 Å². The Morgan fingerprint density at radius 2 is 2.11 bits per heavy atom. The second kappa shape index (κ2) is 6.94. The largest absolute Gasteiger partial charge is 0.449 e. The average molecular weight is 281 g/mol. The summed E-state index contributed by atoms with van der Waals surface area (Å²) in [6, 6.07) is 2.44. The Morgan fingerprint density at radius 1 is 1.37 bits per heavy atom. The van der Waals surface area contributed by atoms with Crippen molar-refractivity contribution in [2.24, 2.45) is 0 Å². The smallest absolute Gasteiger partial charge is 0.415 e. The van der Waals surface area contributed by atoms with E-state index in [2.05, 4.69) is 18.4 Å². The lowest BCUT2D eigenvalue weighted by atomic mass is 9.94. The van der Waals surface area contributed by atoms with Gasteiger partial charge in [-0.15, -0.1) is 11.3 Å². The van der Waals surface area contributed by atoms with E-state index < -0.39 is 0 Å². The van der Waals surface area contributed by atoms with Gasteiger partial charge in [-0.2, -0.15) is 0 Å². The summed E-state index contributed by atoms with van der Waals surface area (Å²) < 4.78 is 5.27. The lowest BCUT2D eigenvalue weighted by Gasteiger charge is -2.33. The zero-order valence-electron chi connectivity index (χ0n) is 11.9. The molecule has 19 heavy (non-hydrogen) atoms. The van der Waals surface area contributed by atoms with E-state index in [4.69, 9.17) is 4.74 Å². The summed E-state index contributed by atoms with van der Waals surface area (Å²) in [6.07, 6.45) is 6.70. The van der Waals surface area contributed by atoms with E-state index in [0.29, 0.717) is 12.6 Å². The van der Waals surface area contributed by atoms with Gasteiger partial charge in [0, 0.05) is 6.04 Å². The first kappa shape index (κ1) is 14.4.